The topological polar surface area (TPSA) is 84.9 Å². The van der Waals surface area contributed by atoms with Gasteiger partial charge in [0, 0.05) is 11.6 Å². The molecular formula is C24H23ClN2O5S. The quantitative estimate of drug-likeness (QED) is 0.541. The van der Waals surface area contributed by atoms with Gasteiger partial charge in [-0.3, -0.25) is 9.10 Å². The fraction of sp³-hybridized carbons (Fsp3) is 0.208. The number of aryl methyl sites for hydroxylation is 2. The lowest BCUT2D eigenvalue weighted by atomic mass is 10.1. The smallest absolute Gasteiger partial charge is 0.264 e. The third kappa shape index (κ3) is 5.07. The van der Waals surface area contributed by atoms with Crippen LogP contribution in [0.5, 0.6) is 11.5 Å². The molecule has 7 nitrogen and oxygen atoms in total. The molecule has 4 rings (SSSR count). The number of nitrogens with zero attached hydrogens (tertiary/aromatic N) is 1. The number of rotatable bonds is 7. The summed E-state index contributed by atoms with van der Waals surface area (Å²) in [6.07, 6.45) is 0. The van der Waals surface area contributed by atoms with Crippen LogP contribution in [-0.2, 0) is 21.4 Å². The molecule has 0 unspecified atom stereocenters. The Morgan fingerprint density at radius 3 is 2.42 bits per heavy atom. The van der Waals surface area contributed by atoms with Crippen molar-refractivity contribution in [2.75, 3.05) is 17.6 Å². The van der Waals surface area contributed by atoms with Gasteiger partial charge in [0.1, 0.15) is 6.54 Å². The lowest BCUT2D eigenvalue weighted by Crippen LogP contribution is -2.40. The van der Waals surface area contributed by atoms with Crippen molar-refractivity contribution in [3.05, 3.63) is 82.4 Å². The third-order valence-electron chi connectivity index (χ3n) is 5.39. The minimum Gasteiger partial charge on any atom is -0.454 e. The Morgan fingerprint density at radius 2 is 1.70 bits per heavy atom. The van der Waals surface area contributed by atoms with Crippen molar-refractivity contribution in [2.24, 2.45) is 0 Å². The van der Waals surface area contributed by atoms with Gasteiger partial charge >= 0.3 is 0 Å². The largest absolute Gasteiger partial charge is 0.454 e. The number of fused-ring (bicyclic) bond motifs is 1. The van der Waals surface area contributed by atoms with E-state index < -0.39 is 15.9 Å². The van der Waals surface area contributed by atoms with Crippen LogP contribution in [0.2, 0.25) is 5.02 Å². The lowest BCUT2D eigenvalue weighted by molar-refractivity contribution is -0.119. The highest BCUT2D eigenvalue weighted by atomic mass is 35.5. The molecule has 0 bridgehead atoms. The number of amides is 1. The second-order valence-electron chi connectivity index (χ2n) is 7.70. The minimum atomic E-state index is -4.01. The monoisotopic (exact) mass is 486 g/mol. The van der Waals surface area contributed by atoms with Crippen LogP contribution in [0.4, 0.5) is 5.69 Å². The fourth-order valence-electron chi connectivity index (χ4n) is 3.37. The highest BCUT2D eigenvalue weighted by Crippen LogP contribution is 2.32. The third-order valence-corrected chi connectivity index (χ3v) is 7.43. The highest BCUT2D eigenvalue weighted by molar-refractivity contribution is 7.92. The second kappa shape index (κ2) is 9.33. The fourth-order valence-corrected chi connectivity index (χ4v) is 4.91. The number of carbonyl (C=O) groups excluding carboxylic acids is 1. The molecule has 172 valence electrons. The number of hydrogen-bond acceptors (Lipinski definition) is 5. The van der Waals surface area contributed by atoms with Gasteiger partial charge in [-0.2, -0.15) is 0 Å². The van der Waals surface area contributed by atoms with Crippen molar-refractivity contribution in [1.29, 1.82) is 0 Å². The van der Waals surface area contributed by atoms with Crippen LogP contribution in [0.3, 0.4) is 0 Å². The first-order chi connectivity index (χ1) is 15.7. The van der Waals surface area contributed by atoms with E-state index in [-0.39, 0.29) is 24.8 Å². The number of halogens is 1. The van der Waals surface area contributed by atoms with Crippen LogP contribution >= 0.6 is 11.6 Å². The lowest BCUT2D eigenvalue weighted by Gasteiger charge is -2.25. The van der Waals surface area contributed by atoms with Gasteiger partial charge < -0.3 is 14.8 Å². The van der Waals surface area contributed by atoms with Gasteiger partial charge in [0.15, 0.2) is 11.5 Å². The standard InChI is InChI=1S/C24H23ClN2O5S/c1-16-3-7-20(11-17(16)2)27(33(29,30)21-8-5-19(25)6-9-21)14-24(28)26-13-18-4-10-22-23(12-18)32-15-31-22/h3-12H,13-15H2,1-2H3,(H,26,28). The number of hydrogen-bond donors (Lipinski definition) is 1. The maximum absolute atomic E-state index is 13.5. The van der Waals surface area contributed by atoms with E-state index >= 15 is 0 Å². The summed E-state index contributed by atoms with van der Waals surface area (Å²) < 4.78 is 38.7. The number of benzene rings is 3. The van der Waals surface area contributed by atoms with Crippen molar-refractivity contribution in [3.8, 4) is 11.5 Å². The van der Waals surface area contributed by atoms with E-state index in [2.05, 4.69) is 5.32 Å². The summed E-state index contributed by atoms with van der Waals surface area (Å²) in [6.45, 7) is 3.84. The number of ether oxygens (including phenoxy) is 2. The molecule has 0 radical (unpaired) electrons. The Bertz CT molecular complexity index is 1290. The van der Waals surface area contributed by atoms with Crippen LogP contribution in [0.1, 0.15) is 16.7 Å². The molecule has 0 fully saturated rings. The van der Waals surface area contributed by atoms with Crippen LogP contribution in [0.25, 0.3) is 0 Å². The van der Waals surface area contributed by atoms with Gasteiger partial charge in [-0.25, -0.2) is 8.42 Å². The molecule has 1 N–H and O–H groups in total. The van der Waals surface area contributed by atoms with Gasteiger partial charge in [-0.1, -0.05) is 23.7 Å². The van der Waals surface area contributed by atoms with E-state index in [9.17, 15) is 13.2 Å². The zero-order valence-corrected chi connectivity index (χ0v) is 19.7. The molecule has 1 heterocycles. The number of sulfonamides is 1. The summed E-state index contributed by atoms with van der Waals surface area (Å²) >= 11 is 5.93. The Hall–Kier alpha value is -3.23. The van der Waals surface area contributed by atoms with Gasteiger partial charge in [0.25, 0.3) is 10.0 Å². The molecular weight excluding hydrogens is 464 g/mol. The summed E-state index contributed by atoms with van der Waals surface area (Å²) in [6, 6.07) is 16.5. The van der Waals surface area contributed by atoms with E-state index in [0.29, 0.717) is 22.2 Å². The average Bonchev–Trinajstić information content (AvgIpc) is 3.26. The first-order valence-electron chi connectivity index (χ1n) is 10.2. The zero-order chi connectivity index (χ0) is 23.6. The van der Waals surface area contributed by atoms with Crippen LogP contribution in [0.15, 0.2) is 65.6 Å². The van der Waals surface area contributed by atoms with Crippen LogP contribution < -0.4 is 19.1 Å². The number of nitrogens with one attached hydrogen (secondary N) is 1. The molecule has 33 heavy (non-hydrogen) atoms. The number of anilines is 1. The van der Waals surface area contributed by atoms with E-state index in [1.165, 1.54) is 24.3 Å². The van der Waals surface area contributed by atoms with Crippen molar-refractivity contribution in [1.82, 2.24) is 5.32 Å². The van der Waals surface area contributed by atoms with Gasteiger partial charge in [-0.15, -0.1) is 0 Å². The summed E-state index contributed by atoms with van der Waals surface area (Å²) in [7, 11) is -4.01. The summed E-state index contributed by atoms with van der Waals surface area (Å²) in [5.41, 5.74) is 3.16. The SMILES string of the molecule is Cc1ccc(N(CC(=O)NCc2ccc3c(c2)OCO3)S(=O)(=O)c2ccc(Cl)cc2)cc1C. The van der Waals surface area contributed by atoms with E-state index in [1.807, 2.05) is 26.0 Å². The summed E-state index contributed by atoms with van der Waals surface area (Å²) in [4.78, 5) is 12.9. The Balaban J connectivity index is 1.57. The van der Waals surface area contributed by atoms with Gasteiger partial charge in [0.2, 0.25) is 12.7 Å². The van der Waals surface area contributed by atoms with Gasteiger partial charge in [-0.05, 0) is 79.1 Å². The van der Waals surface area contributed by atoms with Crippen molar-refractivity contribution >= 4 is 33.2 Å². The Morgan fingerprint density at radius 1 is 0.970 bits per heavy atom. The molecule has 0 aliphatic carbocycles. The molecule has 1 aliphatic heterocycles. The molecule has 0 saturated heterocycles. The van der Waals surface area contributed by atoms with Crippen molar-refractivity contribution < 1.29 is 22.7 Å². The van der Waals surface area contributed by atoms with Crippen LogP contribution in [-0.4, -0.2) is 27.7 Å². The van der Waals surface area contributed by atoms with Crippen molar-refractivity contribution in [3.63, 3.8) is 0 Å². The first-order valence-corrected chi connectivity index (χ1v) is 12.1. The molecule has 1 amide bonds. The second-order valence-corrected chi connectivity index (χ2v) is 10.00. The summed E-state index contributed by atoms with van der Waals surface area (Å²) in [5, 5.41) is 3.21. The molecule has 0 spiro atoms. The highest BCUT2D eigenvalue weighted by Gasteiger charge is 2.27. The maximum Gasteiger partial charge on any atom is 0.264 e. The Kier molecular flexibility index (Phi) is 6.49. The molecule has 3 aromatic rings. The molecule has 0 saturated carbocycles. The molecule has 0 aromatic heterocycles. The van der Waals surface area contributed by atoms with Gasteiger partial charge in [0.05, 0.1) is 10.6 Å². The zero-order valence-electron chi connectivity index (χ0n) is 18.2. The molecule has 3 aromatic carbocycles. The molecule has 0 atom stereocenters. The average molecular weight is 487 g/mol. The molecule has 9 heteroatoms. The van der Waals surface area contributed by atoms with E-state index in [0.717, 1.165) is 21.0 Å². The number of carbonyl (C=O) groups is 1. The van der Waals surface area contributed by atoms with Crippen molar-refractivity contribution in [2.45, 2.75) is 25.3 Å². The normalized spacial score (nSPS) is 12.5. The van der Waals surface area contributed by atoms with E-state index in [1.54, 1.807) is 24.3 Å². The van der Waals surface area contributed by atoms with E-state index in [4.69, 9.17) is 21.1 Å². The summed E-state index contributed by atoms with van der Waals surface area (Å²) in [5.74, 6) is 0.826. The molecule has 1 aliphatic rings. The maximum atomic E-state index is 13.5. The minimum absolute atomic E-state index is 0.0497. The first kappa shape index (κ1) is 22.9. The predicted molar refractivity (Wildman–Crippen MR) is 126 cm³/mol. The predicted octanol–water partition coefficient (Wildman–Crippen LogP) is 4.20. The Labute approximate surface area is 197 Å². The van der Waals surface area contributed by atoms with Crippen LogP contribution in [0, 0.1) is 13.8 Å².